The van der Waals surface area contributed by atoms with Gasteiger partial charge in [-0.15, -0.1) is 0 Å². The molecule has 0 aliphatic carbocycles. The smallest absolute Gasteiger partial charge is 0.149 e. The summed E-state index contributed by atoms with van der Waals surface area (Å²) in [4.78, 5) is 10.6. The lowest BCUT2D eigenvalue weighted by Gasteiger charge is -2.30. The molecule has 1 fully saturated rings. The van der Waals surface area contributed by atoms with Crippen LogP contribution in [0.5, 0.6) is 0 Å². The zero-order valence-electron chi connectivity index (χ0n) is 10.2. The van der Waals surface area contributed by atoms with Crippen LogP contribution in [0.4, 0.5) is 5.82 Å². The lowest BCUT2D eigenvalue weighted by molar-refractivity contribution is 0.399. The second-order valence-corrected chi connectivity index (χ2v) is 4.77. The van der Waals surface area contributed by atoms with E-state index in [2.05, 4.69) is 27.1 Å². The van der Waals surface area contributed by atoms with Gasteiger partial charge >= 0.3 is 0 Å². The van der Waals surface area contributed by atoms with Gasteiger partial charge in [-0.05, 0) is 26.3 Å². The zero-order valence-corrected chi connectivity index (χ0v) is 11.0. The van der Waals surface area contributed by atoms with Gasteiger partial charge in [-0.1, -0.05) is 18.0 Å². The molecule has 2 rings (SSSR count). The van der Waals surface area contributed by atoms with Crippen LogP contribution in [0.25, 0.3) is 0 Å². The van der Waals surface area contributed by atoms with Crippen molar-refractivity contribution in [2.45, 2.75) is 32.2 Å². The quantitative estimate of drug-likeness (QED) is 0.894. The molecule has 0 aromatic carbocycles. The van der Waals surface area contributed by atoms with E-state index in [1.54, 1.807) is 12.4 Å². The summed E-state index contributed by atoms with van der Waals surface area (Å²) in [5.41, 5.74) is 0. The summed E-state index contributed by atoms with van der Waals surface area (Å²) in [5, 5.41) is 4.00. The van der Waals surface area contributed by atoms with Gasteiger partial charge in [0.05, 0.1) is 12.4 Å². The molecule has 4 nitrogen and oxygen atoms in total. The third kappa shape index (κ3) is 3.54. The zero-order chi connectivity index (χ0) is 12.1. The first-order valence-electron chi connectivity index (χ1n) is 6.25. The van der Waals surface area contributed by atoms with Gasteiger partial charge in [0.1, 0.15) is 11.0 Å². The second-order valence-electron chi connectivity index (χ2n) is 4.39. The van der Waals surface area contributed by atoms with Crippen molar-refractivity contribution < 1.29 is 0 Å². The van der Waals surface area contributed by atoms with Crippen LogP contribution in [0.3, 0.4) is 0 Å². The minimum Gasteiger partial charge on any atom is -0.354 e. The summed E-state index contributed by atoms with van der Waals surface area (Å²) >= 11 is 5.87. The normalized spacial score (nSPS) is 20.2. The van der Waals surface area contributed by atoms with Crippen molar-refractivity contribution in [3.8, 4) is 0 Å². The highest BCUT2D eigenvalue weighted by Gasteiger charge is 2.17. The summed E-state index contributed by atoms with van der Waals surface area (Å²) in [6, 6.07) is 0.560. The van der Waals surface area contributed by atoms with E-state index in [1.807, 2.05) is 0 Å². The Labute approximate surface area is 107 Å². The molecule has 0 spiro atoms. The van der Waals surface area contributed by atoms with Crippen LogP contribution in [0.15, 0.2) is 12.4 Å². The van der Waals surface area contributed by atoms with Gasteiger partial charge in [0.15, 0.2) is 0 Å². The Bertz CT molecular complexity index is 352. The molecule has 1 atom stereocenters. The van der Waals surface area contributed by atoms with Crippen LogP contribution >= 0.6 is 11.6 Å². The Morgan fingerprint density at radius 1 is 1.47 bits per heavy atom. The number of rotatable bonds is 4. The minimum atomic E-state index is 0.456. The van der Waals surface area contributed by atoms with Gasteiger partial charge in [0.25, 0.3) is 0 Å². The van der Waals surface area contributed by atoms with E-state index < -0.39 is 0 Å². The lowest BCUT2D eigenvalue weighted by atomic mass is 10.0. The molecule has 1 N–H and O–H groups in total. The summed E-state index contributed by atoms with van der Waals surface area (Å²) in [7, 11) is 0. The first-order valence-corrected chi connectivity index (χ1v) is 6.63. The molecule has 1 aliphatic heterocycles. The number of nitrogens with zero attached hydrogens (tertiary/aromatic N) is 3. The van der Waals surface area contributed by atoms with Gasteiger partial charge in [-0.25, -0.2) is 4.98 Å². The third-order valence-electron chi connectivity index (χ3n) is 3.15. The fourth-order valence-corrected chi connectivity index (χ4v) is 2.36. The molecular weight excluding hydrogens is 236 g/mol. The largest absolute Gasteiger partial charge is 0.354 e. The molecule has 0 amide bonds. The maximum atomic E-state index is 5.87. The molecule has 1 saturated heterocycles. The molecular formula is C12H19ClN4. The first-order chi connectivity index (χ1) is 8.29. The average Bonchev–Trinajstić information content (AvgIpc) is 2.37. The Hall–Kier alpha value is -0.870. The van der Waals surface area contributed by atoms with E-state index in [9.17, 15) is 0 Å². The van der Waals surface area contributed by atoms with E-state index in [1.165, 1.54) is 19.3 Å². The van der Waals surface area contributed by atoms with Crippen molar-refractivity contribution in [3.05, 3.63) is 17.5 Å². The summed E-state index contributed by atoms with van der Waals surface area (Å²) in [6.45, 7) is 5.16. The SMILES string of the molecule is CCN(CC1CCCCN1)c1cncc(Cl)n1. The number of likely N-dealkylation sites (N-methyl/N-ethyl adjacent to an activating group) is 1. The predicted molar refractivity (Wildman–Crippen MR) is 70.6 cm³/mol. The number of hydrogen-bond acceptors (Lipinski definition) is 4. The van der Waals surface area contributed by atoms with Crippen molar-refractivity contribution in [2.75, 3.05) is 24.5 Å². The van der Waals surface area contributed by atoms with E-state index >= 15 is 0 Å². The lowest BCUT2D eigenvalue weighted by Crippen LogP contribution is -2.44. The standard InChI is InChI=1S/C12H19ClN4/c1-2-17(9-10-5-3-4-6-15-10)12-8-14-7-11(13)16-12/h7-8,10,15H,2-6,9H2,1H3. The Balaban J connectivity index is 2.00. The van der Waals surface area contributed by atoms with Gasteiger partial charge in [0, 0.05) is 19.1 Å². The van der Waals surface area contributed by atoms with E-state index in [-0.39, 0.29) is 0 Å². The Kier molecular flexibility index (Phi) is 4.57. The Morgan fingerprint density at radius 3 is 3.00 bits per heavy atom. The molecule has 94 valence electrons. The summed E-state index contributed by atoms with van der Waals surface area (Å²) in [6.07, 6.45) is 7.19. The molecule has 1 aliphatic rings. The van der Waals surface area contributed by atoms with Gasteiger partial charge in [-0.2, -0.15) is 0 Å². The van der Waals surface area contributed by atoms with Gasteiger partial charge in [0.2, 0.25) is 0 Å². The number of halogens is 1. The summed E-state index contributed by atoms with van der Waals surface area (Å²) in [5.74, 6) is 0.868. The molecule has 1 unspecified atom stereocenters. The van der Waals surface area contributed by atoms with Crippen LogP contribution < -0.4 is 10.2 Å². The van der Waals surface area contributed by atoms with Crippen LogP contribution in [-0.4, -0.2) is 35.6 Å². The molecule has 0 radical (unpaired) electrons. The Morgan fingerprint density at radius 2 is 2.35 bits per heavy atom. The fraction of sp³-hybridized carbons (Fsp3) is 0.667. The van der Waals surface area contributed by atoms with Crippen LogP contribution in [0.2, 0.25) is 5.15 Å². The highest BCUT2D eigenvalue weighted by Crippen LogP contribution is 2.15. The van der Waals surface area contributed by atoms with Crippen molar-refractivity contribution in [3.63, 3.8) is 0 Å². The maximum Gasteiger partial charge on any atom is 0.149 e. The highest BCUT2D eigenvalue weighted by atomic mass is 35.5. The number of piperidine rings is 1. The van der Waals surface area contributed by atoms with E-state index in [0.29, 0.717) is 11.2 Å². The molecule has 1 aromatic rings. The molecule has 5 heteroatoms. The summed E-state index contributed by atoms with van der Waals surface area (Å²) < 4.78 is 0. The fourth-order valence-electron chi connectivity index (χ4n) is 2.22. The topological polar surface area (TPSA) is 41.0 Å². The first kappa shape index (κ1) is 12.6. The van der Waals surface area contributed by atoms with Crippen LogP contribution in [0.1, 0.15) is 26.2 Å². The number of aromatic nitrogens is 2. The second kappa shape index (κ2) is 6.17. The molecule has 1 aromatic heterocycles. The number of anilines is 1. The van der Waals surface area contributed by atoms with Crippen molar-refractivity contribution in [1.29, 1.82) is 0 Å². The van der Waals surface area contributed by atoms with Crippen LogP contribution in [-0.2, 0) is 0 Å². The molecule has 0 saturated carbocycles. The number of hydrogen-bond donors (Lipinski definition) is 1. The number of nitrogens with one attached hydrogen (secondary N) is 1. The molecule has 0 bridgehead atoms. The van der Waals surface area contributed by atoms with E-state index in [4.69, 9.17) is 11.6 Å². The van der Waals surface area contributed by atoms with Crippen LogP contribution in [0, 0.1) is 0 Å². The monoisotopic (exact) mass is 254 g/mol. The van der Waals surface area contributed by atoms with Crippen molar-refractivity contribution in [1.82, 2.24) is 15.3 Å². The van der Waals surface area contributed by atoms with Gasteiger partial charge in [-0.3, -0.25) is 4.98 Å². The molecule has 2 heterocycles. The predicted octanol–water partition coefficient (Wildman–Crippen LogP) is 2.10. The minimum absolute atomic E-state index is 0.456. The average molecular weight is 255 g/mol. The van der Waals surface area contributed by atoms with Crippen molar-refractivity contribution >= 4 is 17.4 Å². The van der Waals surface area contributed by atoms with Crippen molar-refractivity contribution in [2.24, 2.45) is 0 Å². The molecule has 17 heavy (non-hydrogen) atoms. The maximum absolute atomic E-state index is 5.87. The van der Waals surface area contributed by atoms with Gasteiger partial charge < -0.3 is 10.2 Å². The third-order valence-corrected chi connectivity index (χ3v) is 3.33. The van der Waals surface area contributed by atoms with E-state index in [0.717, 1.165) is 25.5 Å². The highest BCUT2D eigenvalue weighted by molar-refractivity contribution is 6.29.